The molecule has 0 unspecified atom stereocenters. The highest BCUT2D eigenvalue weighted by atomic mass is 15.2. The van der Waals surface area contributed by atoms with Crippen molar-refractivity contribution in [3.05, 3.63) is 71.3 Å². The van der Waals surface area contributed by atoms with Crippen molar-refractivity contribution in [1.82, 2.24) is 15.5 Å². The molecule has 0 atom stereocenters. The quantitative estimate of drug-likeness (QED) is 0.374. The molecule has 5 nitrogen and oxygen atoms in total. The Labute approximate surface area is 167 Å². The second-order valence-electron chi connectivity index (χ2n) is 7.73. The fraction of sp³-hybridized carbons (Fsp3) is 0.391. The number of rotatable bonds is 4. The molecule has 0 amide bonds. The van der Waals surface area contributed by atoms with Crippen LogP contribution in [0.5, 0.6) is 0 Å². The molecular weight excluding hydrogens is 346 g/mol. The predicted molar refractivity (Wildman–Crippen MR) is 112 cm³/mol. The minimum Gasteiger partial charge on any atom is -0.352 e. The number of benzene rings is 2. The molecule has 0 aromatic heterocycles. The summed E-state index contributed by atoms with van der Waals surface area (Å²) in [5.74, 6) is 0.627. The van der Waals surface area contributed by atoms with Crippen LogP contribution in [0.25, 0.3) is 0 Å². The van der Waals surface area contributed by atoms with Crippen molar-refractivity contribution in [1.29, 1.82) is 5.26 Å². The molecule has 1 fully saturated rings. The maximum atomic E-state index is 9.13. The third kappa shape index (κ3) is 4.71. The molecule has 5 heteroatoms. The van der Waals surface area contributed by atoms with Gasteiger partial charge in [0.05, 0.1) is 6.04 Å². The van der Waals surface area contributed by atoms with E-state index in [1.165, 1.54) is 16.7 Å². The molecule has 28 heavy (non-hydrogen) atoms. The Hall–Kier alpha value is -2.84. The zero-order valence-electron chi connectivity index (χ0n) is 16.1. The van der Waals surface area contributed by atoms with Crippen LogP contribution in [0.2, 0.25) is 0 Å². The summed E-state index contributed by atoms with van der Waals surface area (Å²) < 4.78 is 0. The van der Waals surface area contributed by atoms with Crippen LogP contribution in [0.15, 0.2) is 59.6 Å². The molecule has 2 aromatic carbocycles. The predicted octanol–water partition coefficient (Wildman–Crippen LogP) is 2.83. The van der Waals surface area contributed by atoms with Gasteiger partial charge in [-0.3, -0.25) is 10.2 Å². The van der Waals surface area contributed by atoms with Crippen LogP contribution in [0.4, 0.5) is 0 Å². The van der Waals surface area contributed by atoms with E-state index < -0.39 is 0 Å². The number of hydrogen-bond donors (Lipinski definition) is 2. The third-order valence-corrected chi connectivity index (χ3v) is 5.68. The van der Waals surface area contributed by atoms with E-state index in [4.69, 9.17) is 10.3 Å². The largest absolute Gasteiger partial charge is 0.352 e. The summed E-state index contributed by atoms with van der Waals surface area (Å²) in [6.45, 7) is 3.08. The summed E-state index contributed by atoms with van der Waals surface area (Å²) >= 11 is 0. The van der Waals surface area contributed by atoms with Gasteiger partial charge in [-0.05, 0) is 42.4 Å². The van der Waals surface area contributed by atoms with Crippen molar-refractivity contribution in [2.24, 2.45) is 4.99 Å². The monoisotopic (exact) mass is 373 g/mol. The topological polar surface area (TPSA) is 63.5 Å². The number of guanidine groups is 1. The molecular formula is C23H27N5. The number of hydrogen-bond acceptors (Lipinski definition) is 3. The van der Waals surface area contributed by atoms with Gasteiger partial charge >= 0.3 is 0 Å². The summed E-state index contributed by atoms with van der Waals surface area (Å²) in [7, 11) is 0. The SMILES string of the molecule is N#CNC(=NC1CCN(Cc2ccccc2)CC1)NC1Cc2ccccc2C1. The van der Waals surface area contributed by atoms with Crippen molar-refractivity contribution in [2.45, 2.75) is 44.3 Å². The molecule has 0 saturated carbocycles. The van der Waals surface area contributed by atoms with Crippen LogP contribution in [0, 0.1) is 11.5 Å². The Morgan fingerprint density at radius 2 is 1.64 bits per heavy atom. The van der Waals surface area contributed by atoms with E-state index in [-0.39, 0.29) is 6.04 Å². The first-order valence-electron chi connectivity index (χ1n) is 10.1. The van der Waals surface area contributed by atoms with Crippen LogP contribution in [-0.4, -0.2) is 36.0 Å². The Balaban J connectivity index is 1.31. The molecule has 1 aliphatic heterocycles. The van der Waals surface area contributed by atoms with E-state index in [0.717, 1.165) is 45.3 Å². The van der Waals surface area contributed by atoms with Crippen LogP contribution in [0.3, 0.4) is 0 Å². The number of aliphatic imine (C=N–C) groups is 1. The van der Waals surface area contributed by atoms with E-state index in [1.54, 1.807) is 0 Å². The highest BCUT2D eigenvalue weighted by Crippen LogP contribution is 2.22. The molecule has 0 radical (unpaired) electrons. The van der Waals surface area contributed by atoms with Gasteiger partial charge in [0.25, 0.3) is 0 Å². The van der Waals surface area contributed by atoms with E-state index >= 15 is 0 Å². The lowest BCUT2D eigenvalue weighted by Gasteiger charge is -2.30. The standard InChI is InChI=1S/C23H27N5/c24-17-25-23(27-22-14-19-8-4-5-9-20(19)15-22)26-21-10-12-28(13-11-21)16-18-6-2-1-3-7-18/h1-9,21-22H,10-16H2,(H2,25,26,27). The molecule has 2 aromatic rings. The van der Waals surface area contributed by atoms with Crippen molar-refractivity contribution < 1.29 is 0 Å². The van der Waals surface area contributed by atoms with Gasteiger partial charge in [-0.1, -0.05) is 54.6 Å². The van der Waals surface area contributed by atoms with Gasteiger partial charge in [-0.15, -0.1) is 0 Å². The molecule has 1 aliphatic carbocycles. The Bertz CT molecular complexity index is 822. The number of fused-ring (bicyclic) bond motifs is 1. The number of nitrogens with zero attached hydrogens (tertiary/aromatic N) is 3. The molecule has 4 rings (SSSR count). The minimum atomic E-state index is 0.263. The van der Waals surface area contributed by atoms with Gasteiger partial charge in [-0.25, -0.2) is 4.99 Å². The summed E-state index contributed by atoms with van der Waals surface area (Å²) in [6, 6.07) is 19.7. The first-order chi connectivity index (χ1) is 13.8. The van der Waals surface area contributed by atoms with Gasteiger partial charge in [-0.2, -0.15) is 5.26 Å². The van der Waals surface area contributed by atoms with E-state index in [2.05, 4.69) is 70.1 Å². The Morgan fingerprint density at radius 3 is 2.29 bits per heavy atom. The molecule has 2 N–H and O–H groups in total. The fourth-order valence-corrected chi connectivity index (χ4v) is 4.24. The van der Waals surface area contributed by atoms with Gasteiger partial charge < -0.3 is 5.32 Å². The molecule has 144 valence electrons. The van der Waals surface area contributed by atoms with Gasteiger partial charge in [0.15, 0.2) is 6.19 Å². The number of nitriles is 1. The fourth-order valence-electron chi connectivity index (χ4n) is 4.24. The molecule has 0 bridgehead atoms. The number of likely N-dealkylation sites (tertiary alicyclic amines) is 1. The molecule has 0 spiro atoms. The zero-order valence-corrected chi connectivity index (χ0v) is 16.1. The zero-order chi connectivity index (χ0) is 19.2. The van der Waals surface area contributed by atoms with Crippen LogP contribution >= 0.6 is 0 Å². The van der Waals surface area contributed by atoms with Crippen LogP contribution in [-0.2, 0) is 19.4 Å². The smallest absolute Gasteiger partial charge is 0.205 e. The second kappa shape index (κ2) is 8.90. The third-order valence-electron chi connectivity index (χ3n) is 5.68. The first-order valence-corrected chi connectivity index (χ1v) is 10.1. The average molecular weight is 374 g/mol. The van der Waals surface area contributed by atoms with Crippen LogP contribution < -0.4 is 10.6 Å². The van der Waals surface area contributed by atoms with Gasteiger partial charge in [0, 0.05) is 25.7 Å². The lowest BCUT2D eigenvalue weighted by Crippen LogP contribution is -2.44. The number of piperidine rings is 1. The van der Waals surface area contributed by atoms with Crippen molar-refractivity contribution >= 4 is 5.96 Å². The molecule has 1 heterocycles. The van der Waals surface area contributed by atoms with E-state index in [9.17, 15) is 0 Å². The Morgan fingerprint density at radius 1 is 1.00 bits per heavy atom. The summed E-state index contributed by atoms with van der Waals surface area (Å²) in [6.07, 6.45) is 6.06. The normalized spacial score (nSPS) is 18.5. The first kappa shape index (κ1) is 18.5. The Kier molecular flexibility index (Phi) is 5.89. The average Bonchev–Trinajstić information content (AvgIpc) is 3.13. The summed E-state index contributed by atoms with van der Waals surface area (Å²) in [5, 5.41) is 15.4. The van der Waals surface area contributed by atoms with Gasteiger partial charge in [0.1, 0.15) is 0 Å². The maximum Gasteiger partial charge on any atom is 0.205 e. The molecule has 2 aliphatic rings. The highest BCUT2D eigenvalue weighted by molar-refractivity contribution is 5.81. The lowest BCUT2D eigenvalue weighted by molar-refractivity contribution is 0.206. The van der Waals surface area contributed by atoms with E-state index in [1.807, 2.05) is 6.19 Å². The maximum absolute atomic E-state index is 9.13. The van der Waals surface area contributed by atoms with Crippen LogP contribution in [0.1, 0.15) is 29.5 Å². The summed E-state index contributed by atoms with van der Waals surface area (Å²) in [5.41, 5.74) is 4.15. The number of nitrogens with one attached hydrogen (secondary N) is 2. The minimum absolute atomic E-state index is 0.263. The van der Waals surface area contributed by atoms with Crippen molar-refractivity contribution in [3.8, 4) is 6.19 Å². The van der Waals surface area contributed by atoms with Crippen molar-refractivity contribution in [3.63, 3.8) is 0 Å². The summed E-state index contributed by atoms with van der Waals surface area (Å²) in [4.78, 5) is 7.32. The lowest BCUT2D eigenvalue weighted by atomic mass is 10.0. The highest BCUT2D eigenvalue weighted by Gasteiger charge is 2.23. The van der Waals surface area contributed by atoms with Gasteiger partial charge in [0.2, 0.25) is 5.96 Å². The second-order valence-corrected chi connectivity index (χ2v) is 7.73. The van der Waals surface area contributed by atoms with Crippen molar-refractivity contribution in [2.75, 3.05) is 13.1 Å². The van der Waals surface area contributed by atoms with E-state index in [0.29, 0.717) is 12.0 Å². The molecule has 1 saturated heterocycles.